The zero-order valence-corrected chi connectivity index (χ0v) is 12.1. The van der Waals surface area contributed by atoms with Crippen LogP contribution in [0.5, 0.6) is 0 Å². The molecule has 1 fully saturated rings. The third-order valence-corrected chi connectivity index (χ3v) is 3.73. The number of urea groups is 1. The molecule has 21 heavy (non-hydrogen) atoms. The predicted octanol–water partition coefficient (Wildman–Crippen LogP) is 1.92. The molecule has 1 aliphatic rings. The average Bonchev–Trinajstić information content (AvgIpc) is 3.17. The van der Waals surface area contributed by atoms with Crippen LogP contribution in [0.4, 0.5) is 4.79 Å². The number of carbonyl (C=O) groups excluding carboxylic acids is 1. The molecule has 1 aromatic carbocycles. The van der Waals surface area contributed by atoms with E-state index in [0.717, 1.165) is 24.2 Å². The van der Waals surface area contributed by atoms with E-state index in [9.17, 15) is 4.79 Å². The van der Waals surface area contributed by atoms with E-state index in [-0.39, 0.29) is 12.1 Å². The van der Waals surface area contributed by atoms with Crippen molar-refractivity contribution >= 4 is 6.03 Å². The van der Waals surface area contributed by atoms with E-state index in [1.54, 1.807) is 0 Å². The van der Waals surface area contributed by atoms with Crippen molar-refractivity contribution in [3.8, 4) is 11.3 Å². The zero-order valence-electron chi connectivity index (χ0n) is 12.1. The van der Waals surface area contributed by atoms with Crippen LogP contribution in [0.1, 0.15) is 19.4 Å². The number of likely N-dealkylation sites (tertiary alicyclic amines) is 1. The van der Waals surface area contributed by atoms with Gasteiger partial charge in [0.05, 0.1) is 12.2 Å². The van der Waals surface area contributed by atoms with Crippen LogP contribution in [0.3, 0.4) is 0 Å². The van der Waals surface area contributed by atoms with E-state index in [1.807, 2.05) is 53.0 Å². The van der Waals surface area contributed by atoms with Crippen molar-refractivity contribution in [3.63, 3.8) is 0 Å². The zero-order chi connectivity index (χ0) is 14.7. The summed E-state index contributed by atoms with van der Waals surface area (Å²) in [6.45, 7) is 4.02. The number of nitrogens with zero attached hydrogens (tertiary/aromatic N) is 4. The summed E-state index contributed by atoms with van der Waals surface area (Å²) in [4.78, 5) is 13.6. The first-order chi connectivity index (χ1) is 10.3. The second-order valence-electron chi connectivity index (χ2n) is 5.17. The Morgan fingerprint density at radius 2 is 2.19 bits per heavy atom. The third kappa shape index (κ3) is 2.89. The lowest BCUT2D eigenvalue weighted by Crippen LogP contribution is -2.38. The van der Waals surface area contributed by atoms with Crippen LogP contribution in [0, 0.1) is 0 Å². The molecule has 0 aliphatic carbocycles. The van der Waals surface area contributed by atoms with Gasteiger partial charge in [-0.05, 0) is 13.3 Å². The molecule has 0 bridgehead atoms. The van der Waals surface area contributed by atoms with Crippen molar-refractivity contribution in [2.45, 2.75) is 19.4 Å². The highest BCUT2D eigenvalue weighted by molar-refractivity contribution is 5.74. The normalized spacial score (nSPS) is 18.0. The monoisotopic (exact) mass is 285 g/mol. The number of nitrogens with one attached hydrogen (secondary N) is 1. The highest BCUT2D eigenvalue weighted by atomic mass is 16.2. The van der Waals surface area contributed by atoms with Crippen LogP contribution in [-0.2, 0) is 0 Å². The van der Waals surface area contributed by atoms with Gasteiger partial charge < -0.3 is 10.2 Å². The maximum absolute atomic E-state index is 11.8. The molecule has 1 atom stereocenters. The molecule has 1 saturated heterocycles. The first-order valence-electron chi connectivity index (χ1n) is 7.28. The summed E-state index contributed by atoms with van der Waals surface area (Å²) in [5, 5.41) is 11.3. The SMILES string of the molecule is CCNC(=O)N1CCC(n2cc(-c3ccccc3)nn2)C1. The van der Waals surface area contributed by atoms with E-state index < -0.39 is 0 Å². The van der Waals surface area contributed by atoms with Gasteiger partial charge in [-0.3, -0.25) is 0 Å². The Balaban J connectivity index is 1.69. The molecule has 3 rings (SSSR count). The van der Waals surface area contributed by atoms with Crippen molar-refractivity contribution in [2.24, 2.45) is 0 Å². The second-order valence-corrected chi connectivity index (χ2v) is 5.17. The summed E-state index contributed by atoms with van der Waals surface area (Å²) >= 11 is 0. The molecular weight excluding hydrogens is 266 g/mol. The summed E-state index contributed by atoms with van der Waals surface area (Å²) in [6, 6.07) is 10.2. The Morgan fingerprint density at radius 3 is 2.95 bits per heavy atom. The van der Waals surface area contributed by atoms with Crippen LogP contribution in [0.25, 0.3) is 11.3 Å². The minimum atomic E-state index is 0.00315. The molecule has 1 N–H and O–H groups in total. The number of hydrogen-bond donors (Lipinski definition) is 1. The van der Waals surface area contributed by atoms with Crippen molar-refractivity contribution in [1.82, 2.24) is 25.2 Å². The Labute approximate surface area is 123 Å². The van der Waals surface area contributed by atoms with Gasteiger partial charge in [0.1, 0.15) is 5.69 Å². The highest BCUT2D eigenvalue weighted by Gasteiger charge is 2.28. The Bertz CT molecular complexity index is 610. The fraction of sp³-hybridized carbons (Fsp3) is 0.400. The molecule has 110 valence electrons. The molecule has 0 saturated carbocycles. The van der Waals surface area contributed by atoms with E-state index in [0.29, 0.717) is 13.1 Å². The van der Waals surface area contributed by atoms with Gasteiger partial charge in [-0.15, -0.1) is 5.10 Å². The topological polar surface area (TPSA) is 63.1 Å². The maximum atomic E-state index is 11.8. The largest absolute Gasteiger partial charge is 0.338 e. The number of benzene rings is 1. The van der Waals surface area contributed by atoms with E-state index >= 15 is 0 Å². The van der Waals surface area contributed by atoms with Crippen LogP contribution in [-0.4, -0.2) is 45.6 Å². The summed E-state index contributed by atoms with van der Waals surface area (Å²) in [5.41, 5.74) is 1.93. The minimum Gasteiger partial charge on any atom is -0.338 e. The number of amides is 2. The lowest BCUT2D eigenvalue weighted by molar-refractivity contribution is 0.207. The standard InChI is InChI=1S/C15H19N5O/c1-2-16-15(21)19-9-8-13(10-19)20-11-14(17-18-20)12-6-4-3-5-7-12/h3-7,11,13H,2,8-10H2,1H3,(H,16,21). The number of carbonyl (C=O) groups is 1. The summed E-state index contributed by atoms with van der Waals surface area (Å²) in [7, 11) is 0. The highest BCUT2D eigenvalue weighted by Crippen LogP contribution is 2.23. The van der Waals surface area contributed by atoms with Crippen molar-refractivity contribution in [1.29, 1.82) is 0 Å². The van der Waals surface area contributed by atoms with Gasteiger partial charge in [0, 0.05) is 25.2 Å². The minimum absolute atomic E-state index is 0.00315. The molecule has 0 radical (unpaired) electrons. The summed E-state index contributed by atoms with van der Waals surface area (Å²) in [5.74, 6) is 0. The molecule has 2 amide bonds. The van der Waals surface area contributed by atoms with Gasteiger partial charge in [-0.1, -0.05) is 35.5 Å². The predicted molar refractivity (Wildman–Crippen MR) is 79.8 cm³/mol. The van der Waals surface area contributed by atoms with E-state index in [1.165, 1.54) is 0 Å². The number of rotatable bonds is 3. The molecule has 1 aromatic heterocycles. The van der Waals surface area contributed by atoms with E-state index in [4.69, 9.17) is 0 Å². The average molecular weight is 285 g/mol. The van der Waals surface area contributed by atoms with Crippen molar-refractivity contribution < 1.29 is 4.79 Å². The Hall–Kier alpha value is -2.37. The van der Waals surface area contributed by atoms with Crippen molar-refractivity contribution in [3.05, 3.63) is 36.5 Å². The number of hydrogen-bond acceptors (Lipinski definition) is 3. The van der Waals surface area contributed by atoms with Gasteiger partial charge in [-0.25, -0.2) is 9.48 Å². The Kier molecular flexibility index (Phi) is 3.85. The lowest BCUT2D eigenvalue weighted by Gasteiger charge is -2.16. The van der Waals surface area contributed by atoms with Gasteiger partial charge in [0.2, 0.25) is 0 Å². The Morgan fingerprint density at radius 1 is 1.38 bits per heavy atom. The van der Waals surface area contributed by atoms with Gasteiger partial charge in [0.25, 0.3) is 0 Å². The quantitative estimate of drug-likeness (QED) is 0.937. The van der Waals surface area contributed by atoms with Crippen LogP contribution in [0.2, 0.25) is 0 Å². The third-order valence-electron chi connectivity index (χ3n) is 3.73. The molecule has 6 nitrogen and oxygen atoms in total. The van der Waals surface area contributed by atoms with Gasteiger partial charge >= 0.3 is 6.03 Å². The number of aromatic nitrogens is 3. The van der Waals surface area contributed by atoms with Crippen LogP contribution >= 0.6 is 0 Å². The molecule has 2 heterocycles. The summed E-state index contributed by atoms with van der Waals surface area (Å²) < 4.78 is 1.88. The first kappa shape index (κ1) is 13.6. The summed E-state index contributed by atoms with van der Waals surface area (Å²) in [6.07, 6.45) is 2.87. The van der Waals surface area contributed by atoms with Crippen LogP contribution in [0.15, 0.2) is 36.5 Å². The lowest BCUT2D eigenvalue weighted by atomic mass is 10.2. The second kappa shape index (κ2) is 5.95. The van der Waals surface area contributed by atoms with E-state index in [2.05, 4.69) is 15.6 Å². The first-order valence-corrected chi connectivity index (χ1v) is 7.28. The molecule has 0 spiro atoms. The molecule has 6 heteroatoms. The van der Waals surface area contributed by atoms with Gasteiger partial charge in [0.15, 0.2) is 0 Å². The smallest absolute Gasteiger partial charge is 0.317 e. The fourth-order valence-corrected chi connectivity index (χ4v) is 2.60. The molecular formula is C15H19N5O. The molecule has 1 unspecified atom stereocenters. The maximum Gasteiger partial charge on any atom is 0.317 e. The van der Waals surface area contributed by atoms with Gasteiger partial charge in [-0.2, -0.15) is 0 Å². The van der Waals surface area contributed by atoms with Crippen LogP contribution < -0.4 is 5.32 Å². The fourth-order valence-electron chi connectivity index (χ4n) is 2.60. The molecule has 2 aromatic rings. The molecule has 1 aliphatic heterocycles. The van der Waals surface area contributed by atoms with Crippen molar-refractivity contribution in [2.75, 3.05) is 19.6 Å².